The second-order valence-electron chi connectivity index (χ2n) is 7.86. The normalized spacial score (nSPS) is 21.0. The Labute approximate surface area is 185 Å². The summed E-state index contributed by atoms with van der Waals surface area (Å²) in [4.78, 5) is 16.9. The summed E-state index contributed by atoms with van der Waals surface area (Å²) in [5, 5.41) is 0.533. The molecule has 4 nitrogen and oxygen atoms in total. The molecule has 2 fully saturated rings. The number of para-hydroxylation sites is 1. The molecule has 154 valence electrons. The molecule has 0 spiro atoms. The van der Waals surface area contributed by atoms with Gasteiger partial charge in [0.25, 0.3) is 5.24 Å². The van der Waals surface area contributed by atoms with Crippen LogP contribution in [-0.2, 0) is 6.42 Å². The van der Waals surface area contributed by atoms with Gasteiger partial charge in [0.1, 0.15) is 5.75 Å². The summed E-state index contributed by atoms with van der Waals surface area (Å²) in [5.41, 5.74) is 2.34. The van der Waals surface area contributed by atoms with E-state index in [4.69, 9.17) is 4.74 Å². The molecule has 1 amide bonds. The van der Waals surface area contributed by atoms with Crippen LogP contribution in [0.15, 0.2) is 53.0 Å². The lowest BCUT2D eigenvalue weighted by Gasteiger charge is -2.33. The molecule has 1 unspecified atom stereocenters. The summed E-state index contributed by atoms with van der Waals surface area (Å²) in [6.45, 7) is 4.03. The number of likely N-dealkylation sites (tertiary alicyclic amines) is 1. The number of rotatable bonds is 6. The van der Waals surface area contributed by atoms with Crippen molar-refractivity contribution in [3.8, 4) is 5.75 Å². The molecule has 2 aliphatic heterocycles. The first kappa shape index (κ1) is 20.8. The standard InChI is InChI=1S/C23H27BrN2O2S/c1-28-20-7-8-22(24)18(14-20)13-17-9-11-25(12-10-17)15-21-16-26(23(27)29-21)19-5-3-2-4-6-19/h2-8,14,17,21H,9-13,15-16H2,1H3. The van der Waals surface area contributed by atoms with Crippen LogP contribution in [0.5, 0.6) is 5.75 Å². The zero-order valence-electron chi connectivity index (χ0n) is 16.7. The Morgan fingerprint density at radius 1 is 1.14 bits per heavy atom. The third kappa shape index (κ3) is 5.16. The maximum absolute atomic E-state index is 12.4. The molecule has 0 bridgehead atoms. The monoisotopic (exact) mass is 474 g/mol. The fraction of sp³-hybridized carbons (Fsp3) is 0.435. The number of ether oxygens (including phenoxy) is 1. The van der Waals surface area contributed by atoms with E-state index in [9.17, 15) is 4.79 Å². The minimum atomic E-state index is 0.180. The van der Waals surface area contributed by atoms with E-state index >= 15 is 0 Å². The van der Waals surface area contributed by atoms with Gasteiger partial charge in [-0.25, -0.2) is 0 Å². The number of benzene rings is 2. The predicted molar refractivity (Wildman–Crippen MR) is 124 cm³/mol. The van der Waals surface area contributed by atoms with Crippen molar-refractivity contribution in [3.05, 3.63) is 58.6 Å². The molecule has 0 aromatic heterocycles. The van der Waals surface area contributed by atoms with Crippen molar-refractivity contribution >= 4 is 38.6 Å². The zero-order valence-corrected chi connectivity index (χ0v) is 19.1. The maximum atomic E-state index is 12.4. The second-order valence-corrected chi connectivity index (χ2v) is 9.96. The molecule has 1 atom stereocenters. The molecule has 2 heterocycles. The van der Waals surface area contributed by atoms with Crippen molar-refractivity contribution in [1.29, 1.82) is 0 Å². The molecule has 2 saturated heterocycles. The van der Waals surface area contributed by atoms with Crippen molar-refractivity contribution in [2.24, 2.45) is 5.92 Å². The molecule has 2 aromatic carbocycles. The first-order valence-corrected chi connectivity index (χ1v) is 11.9. The molecule has 0 aliphatic carbocycles. The van der Waals surface area contributed by atoms with Crippen molar-refractivity contribution in [1.82, 2.24) is 4.90 Å². The van der Waals surface area contributed by atoms with Crippen LogP contribution in [0.25, 0.3) is 0 Å². The minimum absolute atomic E-state index is 0.180. The number of thioether (sulfide) groups is 1. The predicted octanol–water partition coefficient (Wildman–Crippen LogP) is 5.45. The summed E-state index contributed by atoms with van der Waals surface area (Å²) in [6, 6.07) is 16.2. The number of halogens is 1. The minimum Gasteiger partial charge on any atom is -0.497 e. The Kier molecular flexibility index (Phi) is 6.83. The Morgan fingerprint density at radius 3 is 2.62 bits per heavy atom. The van der Waals surface area contributed by atoms with Gasteiger partial charge in [0.05, 0.1) is 7.11 Å². The molecule has 6 heteroatoms. The molecule has 2 aromatic rings. The first-order valence-electron chi connectivity index (χ1n) is 10.2. The van der Waals surface area contributed by atoms with Gasteiger partial charge in [0, 0.05) is 28.5 Å². The van der Waals surface area contributed by atoms with E-state index in [-0.39, 0.29) is 5.24 Å². The van der Waals surface area contributed by atoms with Crippen LogP contribution in [0, 0.1) is 5.92 Å². The number of carbonyl (C=O) groups excluding carboxylic acids is 1. The van der Waals surface area contributed by atoms with E-state index in [0.29, 0.717) is 11.2 Å². The fourth-order valence-electron chi connectivity index (χ4n) is 4.24. The van der Waals surface area contributed by atoms with E-state index in [1.54, 1.807) is 7.11 Å². The van der Waals surface area contributed by atoms with Crippen LogP contribution < -0.4 is 9.64 Å². The van der Waals surface area contributed by atoms with Crippen LogP contribution in [0.1, 0.15) is 18.4 Å². The highest BCUT2D eigenvalue weighted by molar-refractivity contribution is 9.10. The van der Waals surface area contributed by atoms with Gasteiger partial charge in [-0.1, -0.05) is 45.9 Å². The van der Waals surface area contributed by atoms with Crippen LogP contribution in [0.4, 0.5) is 10.5 Å². The fourth-order valence-corrected chi connectivity index (χ4v) is 5.75. The molecular formula is C23H27BrN2O2S. The average Bonchev–Trinajstić information content (AvgIpc) is 3.11. The summed E-state index contributed by atoms with van der Waals surface area (Å²) in [7, 11) is 1.72. The topological polar surface area (TPSA) is 32.8 Å². The third-order valence-corrected chi connectivity index (χ3v) is 7.70. The highest BCUT2D eigenvalue weighted by atomic mass is 79.9. The Hall–Kier alpha value is -1.50. The maximum Gasteiger partial charge on any atom is 0.286 e. The molecular weight excluding hydrogens is 448 g/mol. The van der Waals surface area contributed by atoms with E-state index in [0.717, 1.165) is 44.0 Å². The van der Waals surface area contributed by atoms with Gasteiger partial charge in [-0.05, 0) is 74.2 Å². The number of methoxy groups -OCH3 is 1. The van der Waals surface area contributed by atoms with Crippen LogP contribution in [0.3, 0.4) is 0 Å². The van der Waals surface area contributed by atoms with E-state index in [1.165, 1.54) is 34.6 Å². The second kappa shape index (κ2) is 9.54. The molecule has 0 N–H and O–H groups in total. The van der Waals surface area contributed by atoms with Crippen molar-refractivity contribution in [3.63, 3.8) is 0 Å². The largest absolute Gasteiger partial charge is 0.497 e. The van der Waals surface area contributed by atoms with Gasteiger partial charge in [-0.2, -0.15) is 0 Å². The Bertz CT molecular complexity index is 840. The van der Waals surface area contributed by atoms with Gasteiger partial charge < -0.3 is 14.5 Å². The third-order valence-electron chi connectivity index (χ3n) is 5.87. The number of piperidine rings is 1. The zero-order chi connectivity index (χ0) is 20.2. The summed E-state index contributed by atoms with van der Waals surface area (Å²) in [6.07, 6.45) is 3.50. The van der Waals surface area contributed by atoms with E-state index in [2.05, 4.69) is 33.0 Å². The first-order chi connectivity index (χ1) is 14.1. The number of hydrogen-bond acceptors (Lipinski definition) is 4. The number of anilines is 1. The number of nitrogens with zero attached hydrogens (tertiary/aromatic N) is 2. The van der Waals surface area contributed by atoms with Gasteiger partial charge in [-0.15, -0.1) is 0 Å². The van der Waals surface area contributed by atoms with E-state index < -0.39 is 0 Å². The quantitative estimate of drug-likeness (QED) is 0.556. The number of carbonyl (C=O) groups is 1. The smallest absolute Gasteiger partial charge is 0.286 e. The van der Waals surface area contributed by atoms with Gasteiger partial charge in [0.2, 0.25) is 0 Å². The van der Waals surface area contributed by atoms with Crippen LogP contribution in [0.2, 0.25) is 0 Å². The van der Waals surface area contributed by atoms with E-state index in [1.807, 2.05) is 41.3 Å². The summed E-state index contributed by atoms with van der Waals surface area (Å²) < 4.78 is 6.55. The Balaban J connectivity index is 1.27. The molecule has 0 radical (unpaired) electrons. The highest BCUT2D eigenvalue weighted by Crippen LogP contribution is 2.32. The van der Waals surface area contributed by atoms with Crippen molar-refractivity contribution < 1.29 is 9.53 Å². The Morgan fingerprint density at radius 2 is 1.90 bits per heavy atom. The van der Waals surface area contributed by atoms with Gasteiger partial charge >= 0.3 is 0 Å². The highest BCUT2D eigenvalue weighted by Gasteiger charge is 2.33. The average molecular weight is 475 g/mol. The van der Waals surface area contributed by atoms with Gasteiger partial charge in [0.15, 0.2) is 0 Å². The molecule has 0 saturated carbocycles. The van der Waals surface area contributed by atoms with Crippen LogP contribution >= 0.6 is 27.7 Å². The molecule has 2 aliphatic rings. The molecule has 4 rings (SSSR count). The summed E-state index contributed by atoms with van der Waals surface area (Å²) in [5.74, 6) is 1.62. The van der Waals surface area contributed by atoms with Crippen molar-refractivity contribution in [2.75, 3.05) is 38.2 Å². The lowest BCUT2D eigenvalue weighted by Crippen LogP contribution is -2.39. The number of hydrogen-bond donors (Lipinski definition) is 0. The lowest BCUT2D eigenvalue weighted by atomic mass is 9.90. The summed E-state index contributed by atoms with van der Waals surface area (Å²) >= 11 is 5.18. The lowest BCUT2D eigenvalue weighted by molar-refractivity contribution is 0.185. The number of amides is 1. The SMILES string of the molecule is COc1ccc(Br)c(CC2CCN(CC3CN(c4ccccc4)C(=O)S3)CC2)c1. The van der Waals surface area contributed by atoms with Crippen molar-refractivity contribution in [2.45, 2.75) is 24.5 Å². The van der Waals surface area contributed by atoms with Gasteiger partial charge in [-0.3, -0.25) is 4.79 Å². The molecule has 29 heavy (non-hydrogen) atoms. The van der Waals surface area contributed by atoms with Crippen LogP contribution in [-0.4, -0.2) is 48.7 Å².